The maximum atomic E-state index is 5.66. The maximum Gasteiger partial charge on any atom is 0.0404 e. The molecule has 0 saturated carbocycles. The third-order valence-electron chi connectivity index (χ3n) is 3.20. The van der Waals surface area contributed by atoms with E-state index in [0.717, 1.165) is 6.42 Å². The SMILES string of the molecule is CC(C)N1c2ccc(CN)cc2CC1C. The number of hydrogen-bond acceptors (Lipinski definition) is 2. The summed E-state index contributed by atoms with van der Waals surface area (Å²) in [5.74, 6) is 0. The molecule has 1 aliphatic rings. The number of nitrogens with two attached hydrogens (primary N) is 1. The van der Waals surface area contributed by atoms with E-state index < -0.39 is 0 Å². The summed E-state index contributed by atoms with van der Waals surface area (Å²) in [6, 6.07) is 7.82. The van der Waals surface area contributed by atoms with Gasteiger partial charge in [0.15, 0.2) is 0 Å². The van der Waals surface area contributed by atoms with Gasteiger partial charge in [0.2, 0.25) is 0 Å². The van der Waals surface area contributed by atoms with Crippen LogP contribution in [0.4, 0.5) is 5.69 Å². The number of rotatable bonds is 2. The Morgan fingerprint density at radius 3 is 2.80 bits per heavy atom. The highest BCUT2D eigenvalue weighted by molar-refractivity contribution is 5.60. The second-order valence-corrected chi connectivity index (χ2v) is 4.72. The van der Waals surface area contributed by atoms with Gasteiger partial charge in [-0.05, 0) is 44.4 Å². The van der Waals surface area contributed by atoms with Crippen LogP contribution in [0.3, 0.4) is 0 Å². The van der Waals surface area contributed by atoms with Crippen LogP contribution in [0.15, 0.2) is 18.2 Å². The van der Waals surface area contributed by atoms with Crippen molar-refractivity contribution in [1.82, 2.24) is 0 Å². The summed E-state index contributed by atoms with van der Waals surface area (Å²) in [6.45, 7) is 7.44. The van der Waals surface area contributed by atoms with Gasteiger partial charge in [-0.2, -0.15) is 0 Å². The normalized spacial score (nSPS) is 19.8. The molecule has 1 aliphatic heterocycles. The fraction of sp³-hybridized carbons (Fsp3) is 0.538. The largest absolute Gasteiger partial charge is 0.366 e. The Kier molecular flexibility index (Phi) is 2.70. The molecule has 0 amide bonds. The van der Waals surface area contributed by atoms with Gasteiger partial charge in [-0.1, -0.05) is 12.1 Å². The third kappa shape index (κ3) is 1.74. The van der Waals surface area contributed by atoms with Crippen molar-refractivity contribution in [1.29, 1.82) is 0 Å². The van der Waals surface area contributed by atoms with Gasteiger partial charge >= 0.3 is 0 Å². The van der Waals surface area contributed by atoms with Gasteiger partial charge in [-0.3, -0.25) is 0 Å². The van der Waals surface area contributed by atoms with Gasteiger partial charge in [0, 0.05) is 24.3 Å². The van der Waals surface area contributed by atoms with Crippen LogP contribution in [-0.4, -0.2) is 12.1 Å². The molecule has 1 heterocycles. The van der Waals surface area contributed by atoms with E-state index in [1.807, 2.05) is 0 Å². The maximum absolute atomic E-state index is 5.66. The van der Waals surface area contributed by atoms with E-state index in [-0.39, 0.29) is 0 Å². The molecule has 82 valence electrons. The molecule has 1 unspecified atom stereocenters. The van der Waals surface area contributed by atoms with Crippen molar-refractivity contribution in [3.05, 3.63) is 29.3 Å². The fourth-order valence-electron chi connectivity index (χ4n) is 2.62. The van der Waals surface area contributed by atoms with Crippen molar-refractivity contribution in [2.24, 2.45) is 5.73 Å². The summed E-state index contributed by atoms with van der Waals surface area (Å²) >= 11 is 0. The van der Waals surface area contributed by atoms with E-state index in [9.17, 15) is 0 Å². The zero-order valence-corrected chi connectivity index (χ0v) is 9.83. The molecule has 0 aliphatic carbocycles. The highest BCUT2D eigenvalue weighted by Crippen LogP contribution is 2.34. The smallest absolute Gasteiger partial charge is 0.0404 e. The Bertz CT molecular complexity index is 358. The molecule has 0 bridgehead atoms. The highest BCUT2D eigenvalue weighted by atomic mass is 15.2. The summed E-state index contributed by atoms with van der Waals surface area (Å²) in [7, 11) is 0. The van der Waals surface area contributed by atoms with Crippen molar-refractivity contribution >= 4 is 5.69 Å². The predicted molar refractivity (Wildman–Crippen MR) is 65.1 cm³/mol. The third-order valence-corrected chi connectivity index (χ3v) is 3.20. The van der Waals surface area contributed by atoms with Crippen molar-refractivity contribution in [2.75, 3.05) is 4.90 Å². The average Bonchev–Trinajstić information content (AvgIpc) is 2.52. The molecule has 0 saturated heterocycles. The molecular formula is C13H20N2. The summed E-state index contributed by atoms with van der Waals surface area (Å²) in [5, 5.41) is 0. The topological polar surface area (TPSA) is 29.3 Å². The van der Waals surface area contributed by atoms with E-state index in [1.54, 1.807) is 0 Å². The quantitative estimate of drug-likeness (QED) is 0.801. The second kappa shape index (κ2) is 3.86. The lowest BCUT2D eigenvalue weighted by molar-refractivity contribution is 0.606. The summed E-state index contributed by atoms with van der Waals surface area (Å²) in [6.07, 6.45) is 1.15. The lowest BCUT2D eigenvalue weighted by Crippen LogP contribution is -2.35. The molecule has 0 spiro atoms. The highest BCUT2D eigenvalue weighted by Gasteiger charge is 2.27. The minimum Gasteiger partial charge on any atom is -0.366 e. The first-order chi connectivity index (χ1) is 7.13. The first-order valence-electron chi connectivity index (χ1n) is 5.73. The molecule has 1 atom stereocenters. The van der Waals surface area contributed by atoms with E-state index in [4.69, 9.17) is 5.73 Å². The van der Waals surface area contributed by atoms with E-state index in [2.05, 4.69) is 43.9 Å². The summed E-state index contributed by atoms with van der Waals surface area (Å²) in [4.78, 5) is 2.50. The Balaban J connectivity index is 2.38. The monoisotopic (exact) mass is 204 g/mol. The fourth-order valence-corrected chi connectivity index (χ4v) is 2.62. The van der Waals surface area contributed by atoms with Gasteiger partial charge in [-0.25, -0.2) is 0 Å². The number of hydrogen-bond donors (Lipinski definition) is 1. The van der Waals surface area contributed by atoms with Crippen LogP contribution >= 0.6 is 0 Å². The number of nitrogens with zero attached hydrogens (tertiary/aromatic N) is 1. The van der Waals surface area contributed by atoms with Gasteiger partial charge in [-0.15, -0.1) is 0 Å². The molecule has 2 N–H and O–H groups in total. The van der Waals surface area contributed by atoms with Gasteiger partial charge < -0.3 is 10.6 Å². The van der Waals surface area contributed by atoms with Gasteiger partial charge in [0.05, 0.1) is 0 Å². The molecule has 0 aromatic heterocycles. The van der Waals surface area contributed by atoms with Crippen LogP contribution in [0, 0.1) is 0 Å². The Morgan fingerprint density at radius 2 is 2.20 bits per heavy atom. The van der Waals surface area contributed by atoms with E-state index in [1.165, 1.54) is 16.8 Å². The van der Waals surface area contributed by atoms with Gasteiger partial charge in [0.25, 0.3) is 0 Å². The molecule has 1 aromatic carbocycles. The Hall–Kier alpha value is -1.02. The van der Waals surface area contributed by atoms with Crippen molar-refractivity contribution < 1.29 is 0 Å². The van der Waals surface area contributed by atoms with Crippen molar-refractivity contribution in [3.8, 4) is 0 Å². The number of fused-ring (bicyclic) bond motifs is 1. The first-order valence-corrected chi connectivity index (χ1v) is 5.73. The van der Waals surface area contributed by atoms with Crippen LogP contribution < -0.4 is 10.6 Å². The number of benzene rings is 1. The van der Waals surface area contributed by atoms with Crippen molar-refractivity contribution in [3.63, 3.8) is 0 Å². The van der Waals surface area contributed by atoms with Crippen LogP contribution in [0.2, 0.25) is 0 Å². The lowest BCUT2D eigenvalue weighted by atomic mass is 10.1. The standard InChI is InChI=1S/C13H20N2/c1-9(2)15-10(3)6-12-7-11(8-14)4-5-13(12)15/h4-5,7,9-10H,6,8,14H2,1-3H3. The summed E-state index contributed by atoms with van der Waals surface area (Å²) in [5.41, 5.74) is 9.76. The molecule has 2 heteroatoms. The lowest BCUT2D eigenvalue weighted by Gasteiger charge is -2.29. The first kappa shape index (κ1) is 10.5. The second-order valence-electron chi connectivity index (χ2n) is 4.72. The summed E-state index contributed by atoms with van der Waals surface area (Å²) < 4.78 is 0. The zero-order chi connectivity index (χ0) is 11.0. The van der Waals surface area contributed by atoms with Crippen LogP contribution in [0.1, 0.15) is 31.9 Å². The van der Waals surface area contributed by atoms with Crippen molar-refractivity contribution in [2.45, 2.75) is 45.8 Å². The molecule has 0 fully saturated rings. The van der Waals surface area contributed by atoms with Crippen LogP contribution in [0.25, 0.3) is 0 Å². The zero-order valence-electron chi connectivity index (χ0n) is 9.83. The molecule has 15 heavy (non-hydrogen) atoms. The molecule has 2 nitrogen and oxygen atoms in total. The Morgan fingerprint density at radius 1 is 1.47 bits per heavy atom. The van der Waals surface area contributed by atoms with Crippen LogP contribution in [-0.2, 0) is 13.0 Å². The minimum absolute atomic E-state index is 0.574. The molecular weight excluding hydrogens is 184 g/mol. The molecule has 1 aromatic rings. The molecule has 0 radical (unpaired) electrons. The Labute approximate surface area is 92.1 Å². The average molecular weight is 204 g/mol. The van der Waals surface area contributed by atoms with E-state index in [0.29, 0.717) is 18.6 Å². The number of anilines is 1. The van der Waals surface area contributed by atoms with Crippen LogP contribution in [0.5, 0.6) is 0 Å². The van der Waals surface area contributed by atoms with E-state index >= 15 is 0 Å². The minimum atomic E-state index is 0.574. The molecule has 2 rings (SSSR count). The van der Waals surface area contributed by atoms with Gasteiger partial charge in [0.1, 0.15) is 0 Å². The predicted octanol–water partition coefficient (Wildman–Crippen LogP) is 2.30.